The van der Waals surface area contributed by atoms with Gasteiger partial charge in [-0.1, -0.05) is 12.1 Å². The third-order valence-electron chi connectivity index (χ3n) is 5.99. The molecule has 0 saturated heterocycles. The lowest BCUT2D eigenvalue weighted by molar-refractivity contribution is -0.116. The minimum absolute atomic E-state index is 0.00696. The van der Waals surface area contributed by atoms with Crippen LogP contribution in [0.1, 0.15) is 41.9 Å². The minimum Gasteiger partial charge on any atom is -0.493 e. The number of ether oxygens (including phenoxy) is 1. The maximum atomic E-state index is 14.1. The predicted molar refractivity (Wildman–Crippen MR) is 104 cm³/mol. The summed E-state index contributed by atoms with van der Waals surface area (Å²) in [5.74, 6) is 0.410. The molecule has 5 heteroatoms. The quantitative estimate of drug-likeness (QED) is 0.883. The molecule has 1 N–H and O–H groups in total. The largest absolute Gasteiger partial charge is 0.493 e. The monoisotopic (exact) mass is 379 g/mol. The van der Waals surface area contributed by atoms with E-state index in [0.29, 0.717) is 19.6 Å². The summed E-state index contributed by atoms with van der Waals surface area (Å²) in [5.41, 5.74) is 5.60. The van der Waals surface area contributed by atoms with Crippen LogP contribution in [0.5, 0.6) is 5.75 Å². The molecule has 4 nitrogen and oxygen atoms in total. The van der Waals surface area contributed by atoms with Crippen LogP contribution in [0, 0.1) is 5.82 Å². The number of hydrogen-bond donors (Lipinski definition) is 1. The average molecular weight is 379 g/mol. The Morgan fingerprint density at radius 1 is 1.18 bits per heavy atom. The zero-order valence-electron chi connectivity index (χ0n) is 15.6. The fourth-order valence-corrected chi connectivity index (χ4v) is 4.84. The number of β-amino-alcohol motifs (C(OH)–C–C–N with tert-alkyl or cyclic N) is 1. The molecule has 28 heavy (non-hydrogen) atoms. The van der Waals surface area contributed by atoms with Crippen LogP contribution in [-0.4, -0.2) is 30.6 Å². The number of Topliss-reactive ketones (excluding diaryl/α,β-unsaturated/α-hetero) is 1. The van der Waals surface area contributed by atoms with Gasteiger partial charge in [-0.2, -0.15) is 0 Å². The number of halogens is 1. The first-order chi connectivity index (χ1) is 13.7. The smallest absolute Gasteiger partial charge is 0.161 e. The number of carbonyl (C=O) groups excluding carboxylic acids is 1. The van der Waals surface area contributed by atoms with Gasteiger partial charge in [-0.3, -0.25) is 4.79 Å². The molecule has 1 aliphatic carbocycles. The molecule has 2 aliphatic heterocycles. The molecule has 5 rings (SSSR count). The number of allylic oxidation sites excluding steroid dienone is 2. The molecule has 0 aromatic heterocycles. The van der Waals surface area contributed by atoms with Crippen molar-refractivity contribution in [2.24, 2.45) is 0 Å². The first-order valence-electron chi connectivity index (χ1n) is 9.87. The standard InChI is InChI=1S/C23H22FNO3/c24-16-4-1-3-15(11-16)22-17-12-14-7-10-28-21(14)13-19(17)25(8-9-26)18-5-2-6-20(27)23(18)22/h1,3-4,11-13,22,26H,2,5-10H2. The van der Waals surface area contributed by atoms with E-state index in [4.69, 9.17) is 4.74 Å². The lowest BCUT2D eigenvalue weighted by atomic mass is 9.74. The number of aliphatic hydroxyl groups is 1. The first kappa shape index (κ1) is 17.4. The van der Waals surface area contributed by atoms with Crippen molar-refractivity contribution in [1.29, 1.82) is 0 Å². The summed E-state index contributed by atoms with van der Waals surface area (Å²) in [7, 11) is 0. The Morgan fingerprint density at radius 3 is 2.89 bits per heavy atom. The second kappa shape index (κ2) is 6.74. The molecule has 0 amide bonds. The molecule has 1 atom stereocenters. The number of anilines is 1. The number of hydrogen-bond acceptors (Lipinski definition) is 4. The van der Waals surface area contributed by atoms with E-state index < -0.39 is 0 Å². The molecule has 0 fully saturated rings. The van der Waals surface area contributed by atoms with E-state index in [1.54, 1.807) is 6.07 Å². The number of rotatable bonds is 3. The number of fused-ring (bicyclic) bond motifs is 2. The fourth-order valence-electron chi connectivity index (χ4n) is 4.84. The van der Waals surface area contributed by atoms with Crippen LogP contribution < -0.4 is 9.64 Å². The van der Waals surface area contributed by atoms with Gasteiger partial charge in [-0.05, 0) is 47.7 Å². The Hall–Kier alpha value is -2.66. The Morgan fingerprint density at radius 2 is 2.07 bits per heavy atom. The summed E-state index contributed by atoms with van der Waals surface area (Å²) in [6.45, 7) is 1.07. The fraction of sp³-hybridized carbons (Fsp3) is 0.348. The number of carbonyl (C=O) groups is 1. The summed E-state index contributed by atoms with van der Waals surface area (Å²) >= 11 is 0. The lowest BCUT2D eigenvalue weighted by Crippen LogP contribution is -2.37. The van der Waals surface area contributed by atoms with Gasteiger partial charge in [0, 0.05) is 48.3 Å². The molecule has 1 unspecified atom stereocenters. The molecular formula is C23H22FNO3. The van der Waals surface area contributed by atoms with Crippen LogP contribution in [0.2, 0.25) is 0 Å². The second-order valence-electron chi connectivity index (χ2n) is 7.62. The first-order valence-corrected chi connectivity index (χ1v) is 9.87. The van der Waals surface area contributed by atoms with Gasteiger partial charge in [0.15, 0.2) is 5.78 Å². The minimum atomic E-state index is -0.299. The summed E-state index contributed by atoms with van der Waals surface area (Å²) in [6, 6.07) is 10.7. The molecule has 3 aliphatic rings. The van der Waals surface area contributed by atoms with Gasteiger partial charge in [0.25, 0.3) is 0 Å². The van der Waals surface area contributed by atoms with Crippen molar-refractivity contribution < 1.29 is 19.0 Å². The number of benzene rings is 2. The van der Waals surface area contributed by atoms with E-state index in [1.807, 2.05) is 12.1 Å². The SMILES string of the molecule is O=C1CCCC2=C1C(c1cccc(F)c1)c1cc3c(cc1N2CCO)OCC3. The molecule has 2 aromatic carbocycles. The molecule has 0 saturated carbocycles. The highest BCUT2D eigenvalue weighted by Crippen LogP contribution is 2.50. The number of aliphatic hydroxyl groups excluding tert-OH is 1. The summed E-state index contributed by atoms with van der Waals surface area (Å²) < 4.78 is 19.8. The highest BCUT2D eigenvalue weighted by atomic mass is 19.1. The summed E-state index contributed by atoms with van der Waals surface area (Å²) in [6.07, 6.45) is 2.93. The van der Waals surface area contributed by atoms with Crippen LogP contribution in [-0.2, 0) is 11.2 Å². The van der Waals surface area contributed by atoms with Crippen molar-refractivity contribution in [3.05, 3.63) is 70.2 Å². The highest BCUT2D eigenvalue weighted by molar-refractivity contribution is 6.01. The zero-order valence-corrected chi connectivity index (χ0v) is 15.6. The van der Waals surface area contributed by atoms with Crippen LogP contribution >= 0.6 is 0 Å². The van der Waals surface area contributed by atoms with Crippen LogP contribution in [0.25, 0.3) is 0 Å². The van der Waals surface area contributed by atoms with Crippen molar-refractivity contribution in [3.63, 3.8) is 0 Å². The molecule has 2 heterocycles. The number of nitrogens with zero attached hydrogens (tertiary/aromatic N) is 1. The molecule has 0 radical (unpaired) electrons. The van der Waals surface area contributed by atoms with E-state index in [1.165, 1.54) is 12.1 Å². The van der Waals surface area contributed by atoms with Gasteiger partial charge in [0.1, 0.15) is 11.6 Å². The summed E-state index contributed by atoms with van der Waals surface area (Å²) in [5, 5.41) is 9.68. The van der Waals surface area contributed by atoms with Crippen LogP contribution in [0.3, 0.4) is 0 Å². The Balaban J connectivity index is 1.78. The van der Waals surface area contributed by atoms with E-state index in [-0.39, 0.29) is 24.1 Å². The highest BCUT2D eigenvalue weighted by Gasteiger charge is 2.39. The van der Waals surface area contributed by atoms with Crippen molar-refractivity contribution >= 4 is 11.5 Å². The average Bonchev–Trinajstić information content (AvgIpc) is 3.14. The predicted octanol–water partition coefficient (Wildman–Crippen LogP) is 3.71. The number of ketones is 1. The lowest BCUT2D eigenvalue weighted by Gasteiger charge is -2.41. The van der Waals surface area contributed by atoms with Crippen molar-refractivity contribution in [3.8, 4) is 5.75 Å². The van der Waals surface area contributed by atoms with Gasteiger partial charge in [-0.25, -0.2) is 4.39 Å². The Kier molecular flexibility index (Phi) is 4.20. The van der Waals surface area contributed by atoms with E-state index in [0.717, 1.165) is 58.7 Å². The molecule has 0 spiro atoms. The normalized spacial score (nSPS) is 20.6. The van der Waals surface area contributed by atoms with Gasteiger partial charge in [0.05, 0.1) is 13.2 Å². The zero-order chi connectivity index (χ0) is 19.3. The van der Waals surface area contributed by atoms with Gasteiger partial charge in [0.2, 0.25) is 0 Å². The topological polar surface area (TPSA) is 49.8 Å². The van der Waals surface area contributed by atoms with Crippen molar-refractivity contribution in [1.82, 2.24) is 0 Å². The molecular weight excluding hydrogens is 357 g/mol. The van der Waals surface area contributed by atoms with Gasteiger partial charge >= 0.3 is 0 Å². The second-order valence-corrected chi connectivity index (χ2v) is 7.62. The Labute approximate surface area is 163 Å². The molecule has 0 bridgehead atoms. The Bertz CT molecular complexity index is 997. The third-order valence-corrected chi connectivity index (χ3v) is 5.99. The van der Waals surface area contributed by atoms with Crippen molar-refractivity contribution in [2.75, 3.05) is 24.7 Å². The summed E-state index contributed by atoms with van der Waals surface area (Å²) in [4.78, 5) is 15.1. The van der Waals surface area contributed by atoms with Gasteiger partial charge < -0.3 is 14.7 Å². The van der Waals surface area contributed by atoms with Crippen LogP contribution in [0.15, 0.2) is 47.7 Å². The van der Waals surface area contributed by atoms with Gasteiger partial charge in [-0.15, -0.1) is 0 Å². The third kappa shape index (κ3) is 2.65. The maximum Gasteiger partial charge on any atom is 0.161 e. The molecule has 144 valence electrons. The van der Waals surface area contributed by atoms with E-state index >= 15 is 0 Å². The van der Waals surface area contributed by atoms with Crippen LogP contribution in [0.4, 0.5) is 10.1 Å². The van der Waals surface area contributed by atoms with Crippen molar-refractivity contribution in [2.45, 2.75) is 31.6 Å². The molecule has 2 aromatic rings. The van der Waals surface area contributed by atoms with E-state index in [9.17, 15) is 14.3 Å². The maximum absolute atomic E-state index is 14.1. The van der Waals surface area contributed by atoms with E-state index in [2.05, 4.69) is 11.0 Å².